The zero-order chi connectivity index (χ0) is 18.8. The number of nitriles is 1. The van der Waals surface area contributed by atoms with Gasteiger partial charge >= 0.3 is 5.97 Å². The van der Waals surface area contributed by atoms with Crippen LogP contribution in [-0.2, 0) is 14.3 Å². The minimum atomic E-state index is -0.596. The number of nitrogens with zero attached hydrogens (tertiary/aromatic N) is 1. The van der Waals surface area contributed by atoms with Crippen molar-refractivity contribution in [3.05, 3.63) is 66.4 Å². The number of benzene rings is 2. The highest BCUT2D eigenvalue weighted by atomic mass is 16.5. The summed E-state index contributed by atoms with van der Waals surface area (Å²) in [7, 11) is 1.25. The standard InChI is InChI=1S/C19H17N3O4/c1-25-18(23)13-21-12-14(11-20)19(24)22-15-7-9-17(10-8-15)26-16-5-3-2-4-6-16/h2-10,12,21H,13H2,1H3,(H,22,24)/b14-12-. The lowest BCUT2D eigenvalue weighted by molar-refractivity contribution is -0.139. The van der Waals surface area contributed by atoms with Crippen molar-refractivity contribution >= 4 is 17.6 Å². The highest BCUT2D eigenvalue weighted by molar-refractivity contribution is 6.06. The third-order valence-electron chi connectivity index (χ3n) is 3.18. The molecule has 26 heavy (non-hydrogen) atoms. The van der Waals surface area contributed by atoms with Crippen LogP contribution in [-0.4, -0.2) is 25.5 Å². The van der Waals surface area contributed by atoms with Gasteiger partial charge < -0.3 is 20.1 Å². The summed E-state index contributed by atoms with van der Waals surface area (Å²) in [5, 5.41) is 14.2. The molecule has 2 aromatic carbocycles. The Morgan fingerprint density at radius 1 is 1.08 bits per heavy atom. The van der Waals surface area contributed by atoms with Crippen LogP contribution in [0.5, 0.6) is 11.5 Å². The van der Waals surface area contributed by atoms with Crippen LogP contribution in [0.2, 0.25) is 0 Å². The molecule has 0 heterocycles. The van der Waals surface area contributed by atoms with Gasteiger partial charge in [-0.25, -0.2) is 0 Å². The third kappa shape index (κ3) is 5.69. The zero-order valence-corrected chi connectivity index (χ0v) is 14.1. The first-order valence-electron chi connectivity index (χ1n) is 7.67. The van der Waals surface area contributed by atoms with Crippen LogP contribution in [0.25, 0.3) is 0 Å². The van der Waals surface area contributed by atoms with Gasteiger partial charge in [0.05, 0.1) is 7.11 Å². The molecule has 0 aliphatic carbocycles. The minimum absolute atomic E-state index is 0.138. The van der Waals surface area contributed by atoms with Gasteiger partial charge in [-0.2, -0.15) is 5.26 Å². The van der Waals surface area contributed by atoms with Gasteiger partial charge in [0.15, 0.2) is 0 Å². The Labute approximate surface area is 150 Å². The molecule has 0 fully saturated rings. The molecular weight excluding hydrogens is 334 g/mol. The number of anilines is 1. The summed E-state index contributed by atoms with van der Waals surface area (Å²) in [6.07, 6.45) is 1.17. The molecule has 0 spiro atoms. The summed E-state index contributed by atoms with van der Waals surface area (Å²) in [4.78, 5) is 23.1. The average molecular weight is 351 g/mol. The number of methoxy groups -OCH3 is 1. The molecule has 7 nitrogen and oxygen atoms in total. The molecule has 0 saturated carbocycles. The van der Waals surface area contributed by atoms with Gasteiger partial charge in [0.25, 0.3) is 5.91 Å². The number of hydrogen-bond donors (Lipinski definition) is 2. The van der Waals surface area contributed by atoms with Crippen molar-refractivity contribution in [2.24, 2.45) is 0 Å². The van der Waals surface area contributed by atoms with E-state index in [1.807, 2.05) is 30.3 Å². The number of amides is 1. The lowest BCUT2D eigenvalue weighted by Crippen LogP contribution is -2.22. The lowest BCUT2D eigenvalue weighted by Gasteiger charge is -2.08. The van der Waals surface area contributed by atoms with E-state index in [9.17, 15) is 9.59 Å². The fourth-order valence-electron chi connectivity index (χ4n) is 1.89. The van der Waals surface area contributed by atoms with Crippen LogP contribution < -0.4 is 15.4 Å². The molecular formula is C19H17N3O4. The van der Waals surface area contributed by atoms with E-state index in [0.717, 1.165) is 0 Å². The fourth-order valence-corrected chi connectivity index (χ4v) is 1.89. The van der Waals surface area contributed by atoms with Gasteiger partial charge in [-0.3, -0.25) is 9.59 Å². The van der Waals surface area contributed by atoms with Crippen molar-refractivity contribution in [2.75, 3.05) is 19.0 Å². The second-order valence-electron chi connectivity index (χ2n) is 5.02. The number of nitrogens with one attached hydrogen (secondary N) is 2. The number of esters is 1. The molecule has 2 rings (SSSR count). The Morgan fingerprint density at radius 2 is 1.73 bits per heavy atom. The summed E-state index contributed by atoms with van der Waals surface area (Å²) in [6, 6.07) is 17.8. The van der Waals surface area contributed by atoms with Gasteiger partial charge in [0.2, 0.25) is 0 Å². The summed E-state index contributed by atoms with van der Waals surface area (Å²) in [5.41, 5.74) is 0.336. The topological polar surface area (TPSA) is 100 Å². The van der Waals surface area contributed by atoms with E-state index in [2.05, 4.69) is 15.4 Å². The Morgan fingerprint density at radius 3 is 2.35 bits per heavy atom. The largest absolute Gasteiger partial charge is 0.468 e. The number of carbonyl (C=O) groups excluding carboxylic acids is 2. The van der Waals surface area contributed by atoms with E-state index in [1.165, 1.54) is 13.3 Å². The first-order valence-corrected chi connectivity index (χ1v) is 7.67. The quantitative estimate of drug-likeness (QED) is 0.452. The van der Waals surface area contributed by atoms with Crippen molar-refractivity contribution in [3.8, 4) is 17.6 Å². The number of para-hydroxylation sites is 1. The monoisotopic (exact) mass is 351 g/mol. The van der Waals surface area contributed by atoms with E-state index in [1.54, 1.807) is 30.3 Å². The summed E-state index contributed by atoms with van der Waals surface area (Å²) >= 11 is 0. The molecule has 0 aromatic heterocycles. The van der Waals surface area contributed by atoms with E-state index in [-0.39, 0.29) is 12.1 Å². The Bertz CT molecular complexity index is 824. The Kier molecular flexibility index (Phi) is 6.77. The molecule has 0 aliphatic rings. The van der Waals surface area contributed by atoms with Crippen LogP contribution in [0.1, 0.15) is 0 Å². The second-order valence-corrected chi connectivity index (χ2v) is 5.02. The van der Waals surface area contributed by atoms with Gasteiger partial charge in [0.1, 0.15) is 29.7 Å². The van der Waals surface area contributed by atoms with Crippen molar-refractivity contribution < 1.29 is 19.1 Å². The summed E-state index contributed by atoms with van der Waals surface area (Å²) in [5.74, 6) is 0.218. The summed E-state index contributed by atoms with van der Waals surface area (Å²) < 4.78 is 10.1. The van der Waals surface area contributed by atoms with Gasteiger partial charge in [0, 0.05) is 11.9 Å². The molecule has 2 aromatic rings. The predicted octanol–water partition coefficient (Wildman–Crippen LogP) is 2.59. The predicted molar refractivity (Wildman–Crippen MR) is 95.3 cm³/mol. The van der Waals surface area contributed by atoms with Crippen LogP contribution in [0.3, 0.4) is 0 Å². The SMILES string of the molecule is COC(=O)CN/C=C(/C#N)C(=O)Nc1ccc(Oc2ccccc2)cc1. The lowest BCUT2D eigenvalue weighted by atomic mass is 10.2. The third-order valence-corrected chi connectivity index (χ3v) is 3.18. The maximum Gasteiger partial charge on any atom is 0.325 e. The molecule has 0 saturated heterocycles. The Hall–Kier alpha value is -3.79. The van der Waals surface area contributed by atoms with Crippen molar-refractivity contribution in [2.45, 2.75) is 0 Å². The first-order chi connectivity index (χ1) is 12.6. The smallest absolute Gasteiger partial charge is 0.325 e. The zero-order valence-electron chi connectivity index (χ0n) is 14.1. The summed E-state index contributed by atoms with van der Waals surface area (Å²) in [6.45, 7) is -0.138. The second kappa shape index (κ2) is 9.49. The maximum atomic E-state index is 12.1. The molecule has 0 atom stereocenters. The normalized spacial score (nSPS) is 10.4. The number of rotatable bonds is 7. The molecule has 2 N–H and O–H groups in total. The molecule has 0 radical (unpaired) electrons. The van der Waals surface area contributed by atoms with Crippen molar-refractivity contribution in [1.29, 1.82) is 5.26 Å². The molecule has 0 unspecified atom stereocenters. The highest BCUT2D eigenvalue weighted by Crippen LogP contribution is 2.22. The fraction of sp³-hybridized carbons (Fsp3) is 0.105. The van der Waals surface area contributed by atoms with Gasteiger partial charge in [-0.15, -0.1) is 0 Å². The van der Waals surface area contributed by atoms with Gasteiger partial charge in [-0.1, -0.05) is 18.2 Å². The van der Waals surface area contributed by atoms with E-state index >= 15 is 0 Å². The number of carbonyl (C=O) groups is 2. The van der Waals surface area contributed by atoms with Crippen molar-refractivity contribution in [3.63, 3.8) is 0 Å². The van der Waals surface area contributed by atoms with Crippen molar-refractivity contribution in [1.82, 2.24) is 5.32 Å². The van der Waals surface area contributed by atoms with Crippen LogP contribution in [0.4, 0.5) is 5.69 Å². The van der Waals surface area contributed by atoms with Crippen LogP contribution >= 0.6 is 0 Å². The molecule has 132 valence electrons. The Balaban J connectivity index is 1.94. The van der Waals surface area contributed by atoms with E-state index < -0.39 is 11.9 Å². The molecule has 0 aliphatic heterocycles. The molecule has 0 bridgehead atoms. The van der Waals surface area contributed by atoms with Crippen LogP contribution in [0, 0.1) is 11.3 Å². The van der Waals surface area contributed by atoms with Gasteiger partial charge in [-0.05, 0) is 36.4 Å². The van der Waals surface area contributed by atoms with E-state index in [4.69, 9.17) is 10.00 Å². The molecule has 7 heteroatoms. The van der Waals surface area contributed by atoms with E-state index in [0.29, 0.717) is 17.2 Å². The average Bonchev–Trinajstić information content (AvgIpc) is 2.67. The number of ether oxygens (including phenoxy) is 2. The number of hydrogen-bond acceptors (Lipinski definition) is 6. The maximum absolute atomic E-state index is 12.1. The molecule has 1 amide bonds. The highest BCUT2D eigenvalue weighted by Gasteiger charge is 2.10. The van der Waals surface area contributed by atoms with Crippen LogP contribution in [0.15, 0.2) is 66.4 Å². The first kappa shape index (κ1) is 18.5. The minimum Gasteiger partial charge on any atom is -0.468 e.